The van der Waals surface area contributed by atoms with Gasteiger partial charge in [0.25, 0.3) is 0 Å². The summed E-state index contributed by atoms with van der Waals surface area (Å²) < 4.78 is 11.8. The van der Waals surface area contributed by atoms with Crippen LogP contribution in [-0.4, -0.2) is 20.5 Å². The van der Waals surface area contributed by atoms with Crippen molar-refractivity contribution >= 4 is 16.8 Å². The normalized spacial score (nSPS) is 14.6. The van der Waals surface area contributed by atoms with Crippen LogP contribution in [0.5, 0.6) is 0 Å². The second-order valence-electron chi connectivity index (χ2n) is 3.52. The molecule has 82 valence electrons. The van der Waals surface area contributed by atoms with Gasteiger partial charge in [-0.2, -0.15) is 0 Å². The lowest BCUT2D eigenvalue weighted by Crippen LogP contribution is -2.21. The first-order valence-corrected chi connectivity index (χ1v) is 5.85. The SMILES string of the molecule is Cc1ccc(S(=O)C(C)C(=O)O)cc1C. The van der Waals surface area contributed by atoms with E-state index in [0.717, 1.165) is 11.1 Å². The quantitative estimate of drug-likeness (QED) is 0.856. The highest BCUT2D eigenvalue weighted by molar-refractivity contribution is 7.86. The largest absolute Gasteiger partial charge is 0.480 e. The Kier molecular flexibility index (Phi) is 3.63. The molecule has 0 bridgehead atoms. The summed E-state index contributed by atoms with van der Waals surface area (Å²) in [7, 11) is -1.48. The number of rotatable bonds is 3. The first-order chi connectivity index (χ1) is 6.93. The van der Waals surface area contributed by atoms with Crippen LogP contribution in [0.15, 0.2) is 23.1 Å². The van der Waals surface area contributed by atoms with Crippen LogP contribution in [-0.2, 0) is 15.6 Å². The van der Waals surface area contributed by atoms with Crippen LogP contribution in [0.2, 0.25) is 0 Å². The molecule has 0 heterocycles. The zero-order valence-corrected chi connectivity index (χ0v) is 9.80. The van der Waals surface area contributed by atoms with Crippen molar-refractivity contribution < 1.29 is 14.1 Å². The molecule has 0 radical (unpaired) electrons. The van der Waals surface area contributed by atoms with E-state index in [9.17, 15) is 9.00 Å². The molecule has 1 N–H and O–H groups in total. The van der Waals surface area contributed by atoms with E-state index < -0.39 is 22.0 Å². The minimum atomic E-state index is -1.48. The van der Waals surface area contributed by atoms with Gasteiger partial charge in [-0.3, -0.25) is 9.00 Å². The molecule has 15 heavy (non-hydrogen) atoms. The molecular weight excluding hydrogens is 212 g/mol. The summed E-state index contributed by atoms with van der Waals surface area (Å²) in [4.78, 5) is 11.2. The molecule has 2 unspecified atom stereocenters. The Morgan fingerprint density at radius 2 is 1.93 bits per heavy atom. The highest BCUT2D eigenvalue weighted by Crippen LogP contribution is 2.16. The number of carboxylic acids is 1. The van der Waals surface area contributed by atoms with Gasteiger partial charge in [0.05, 0.1) is 10.8 Å². The monoisotopic (exact) mass is 226 g/mol. The number of benzene rings is 1. The third-order valence-corrected chi connectivity index (χ3v) is 3.94. The molecule has 0 spiro atoms. The Labute approximate surface area is 91.6 Å². The van der Waals surface area contributed by atoms with Gasteiger partial charge in [0.15, 0.2) is 0 Å². The van der Waals surface area contributed by atoms with Crippen molar-refractivity contribution in [2.75, 3.05) is 0 Å². The lowest BCUT2D eigenvalue weighted by Gasteiger charge is -2.08. The lowest BCUT2D eigenvalue weighted by atomic mass is 10.1. The van der Waals surface area contributed by atoms with Crippen molar-refractivity contribution in [2.24, 2.45) is 0 Å². The molecule has 0 saturated heterocycles. The van der Waals surface area contributed by atoms with Gasteiger partial charge in [-0.1, -0.05) is 6.07 Å². The van der Waals surface area contributed by atoms with Crippen molar-refractivity contribution in [3.8, 4) is 0 Å². The van der Waals surface area contributed by atoms with E-state index in [2.05, 4.69) is 0 Å². The molecule has 0 aliphatic carbocycles. The van der Waals surface area contributed by atoms with Gasteiger partial charge in [0.2, 0.25) is 0 Å². The molecule has 1 aromatic rings. The summed E-state index contributed by atoms with van der Waals surface area (Å²) >= 11 is 0. The van der Waals surface area contributed by atoms with Gasteiger partial charge in [0.1, 0.15) is 5.25 Å². The molecule has 1 aromatic carbocycles. The van der Waals surface area contributed by atoms with E-state index in [1.165, 1.54) is 6.92 Å². The smallest absolute Gasteiger partial charge is 0.319 e. The zero-order valence-electron chi connectivity index (χ0n) is 8.98. The lowest BCUT2D eigenvalue weighted by molar-refractivity contribution is -0.136. The minimum absolute atomic E-state index is 0.577. The molecule has 0 amide bonds. The Morgan fingerprint density at radius 3 is 2.40 bits per heavy atom. The minimum Gasteiger partial charge on any atom is -0.480 e. The van der Waals surface area contributed by atoms with Crippen LogP contribution in [0, 0.1) is 13.8 Å². The van der Waals surface area contributed by atoms with E-state index in [4.69, 9.17) is 5.11 Å². The van der Waals surface area contributed by atoms with Gasteiger partial charge < -0.3 is 5.11 Å². The molecule has 3 nitrogen and oxygen atoms in total. The number of hydrogen-bond donors (Lipinski definition) is 1. The number of hydrogen-bond acceptors (Lipinski definition) is 2. The van der Waals surface area contributed by atoms with Crippen LogP contribution in [0.1, 0.15) is 18.1 Å². The van der Waals surface area contributed by atoms with Crippen LogP contribution in [0.25, 0.3) is 0 Å². The molecule has 2 atom stereocenters. The molecule has 0 fully saturated rings. The van der Waals surface area contributed by atoms with E-state index in [1.807, 2.05) is 19.9 Å². The summed E-state index contributed by atoms with van der Waals surface area (Å²) in [6.45, 7) is 5.33. The Bertz CT molecular complexity index is 412. The summed E-state index contributed by atoms with van der Waals surface area (Å²) in [5.41, 5.74) is 2.14. The first kappa shape index (κ1) is 11.9. The van der Waals surface area contributed by atoms with Gasteiger partial charge in [0, 0.05) is 4.90 Å². The van der Waals surface area contributed by atoms with Crippen molar-refractivity contribution in [3.63, 3.8) is 0 Å². The number of aliphatic carboxylic acids is 1. The van der Waals surface area contributed by atoms with Crippen molar-refractivity contribution in [2.45, 2.75) is 30.9 Å². The highest BCUT2D eigenvalue weighted by Gasteiger charge is 2.20. The van der Waals surface area contributed by atoms with Crippen LogP contribution in [0.3, 0.4) is 0 Å². The molecule has 0 aromatic heterocycles. The van der Waals surface area contributed by atoms with Crippen LogP contribution >= 0.6 is 0 Å². The first-order valence-electron chi connectivity index (χ1n) is 4.64. The van der Waals surface area contributed by atoms with Gasteiger partial charge >= 0.3 is 5.97 Å². The van der Waals surface area contributed by atoms with Gasteiger partial charge in [-0.05, 0) is 44.0 Å². The number of carboxylic acid groups (broad SMARTS) is 1. The maximum absolute atomic E-state index is 11.8. The summed E-state index contributed by atoms with van der Waals surface area (Å²) in [6.07, 6.45) is 0. The fourth-order valence-corrected chi connectivity index (χ4v) is 2.22. The van der Waals surface area contributed by atoms with Crippen LogP contribution < -0.4 is 0 Å². The number of aryl methyl sites for hydroxylation is 2. The average Bonchev–Trinajstić information content (AvgIpc) is 2.19. The predicted octanol–water partition coefficient (Wildman–Crippen LogP) is 1.88. The Hall–Kier alpha value is -1.16. The molecule has 0 aliphatic rings. The van der Waals surface area contributed by atoms with Crippen LogP contribution in [0.4, 0.5) is 0 Å². The molecule has 4 heteroatoms. The topological polar surface area (TPSA) is 54.4 Å². The fourth-order valence-electron chi connectivity index (χ4n) is 1.13. The highest BCUT2D eigenvalue weighted by atomic mass is 32.2. The van der Waals surface area contributed by atoms with E-state index in [1.54, 1.807) is 12.1 Å². The van der Waals surface area contributed by atoms with Crippen molar-refractivity contribution in [1.29, 1.82) is 0 Å². The summed E-state index contributed by atoms with van der Waals surface area (Å²) in [5, 5.41) is 7.88. The maximum Gasteiger partial charge on any atom is 0.319 e. The van der Waals surface area contributed by atoms with Gasteiger partial charge in [-0.25, -0.2) is 0 Å². The Balaban J connectivity index is 3.02. The van der Waals surface area contributed by atoms with E-state index in [0.29, 0.717) is 4.90 Å². The van der Waals surface area contributed by atoms with Crippen molar-refractivity contribution in [1.82, 2.24) is 0 Å². The number of carbonyl (C=O) groups is 1. The standard InChI is InChI=1S/C11H14O3S/c1-7-4-5-10(6-8(7)2)15(14)9(3)11(12)13/h4-6,9H,1-3H3,(H,12,13). The average molecular weight is 226 g/mol. The predicted molar refractivity (Wildman–Crippen MR) is 59.4 cm³/mol. The van der Waals surface area contributed by atoms with Gasteiger partial charge in [-0.15, -0.1) is 0 Å². The molecule has 0 saturated carbocycles. The Morgan fingerprint density at radius 1 is 1.33 bits per heavy atom. The summed E-state index contributed by atoms with van der Waals surface area (Å²) in [5.74, 6) is -1.04. The third-order valence-electron chi connectivity index (χ3n) is 2.38. The van der Waals surface area contributed by atoms with Crippen molar-refractivity contribution in [3.05, 3.63) is 29.3 Å². The zero-order chi connectivity index (χ0) is 11.6. The maximum atomic E-state index is 11.8. The third kappa shape index (κ3) is 2.65. The molecular formula is C11H14O3S. The second-order valence-corrected chi connectivity index (χ2v) is 5.30. The molecule has 1 rings (SSSR count). The van der Waals surface area contributed by atoms with E-state index >= 15 is 0 Å². The van der Waals surface area contributed by atoms with E-state index in [-0.39, 0.29) is 0 Å². The molecule has 0 aliphatic heterocycles. The second kappa shape index (κ2) is 4.57. The summed E-state index contributed by atoms with van der Waals surface area (Å²) in [6, 6.07) is 5.36. The fraction of sp³-hybridized carbons (Fsp3) is 0.364.